The molecule has 2 aromatic carbocycles. The summed E-state index contributed by atoms with van der Waals surface area (Å²) in [4.78, 5) is 27.7. The van der Waals surface area contributed by atoms with Gasteiger partial charge in [0.25, 0.3) is 5.56 Å². The summed E-state index contributed by atoms with van der Waals surface area (Å²) < 4.78 is 7.02. The van der Waals surface area contributed by atoms with Crippen LogP contribution in [0, 0.1) is 6.92 Å². The fraction of sp³-hybridized carbons (Fsp3) is 0.375. The van der Waals surface area contributed by atoms with Crippen LogP contribution in [0.5, 0.6) is 0 Å². The number of nitrogens with zero attached hydrogens (tertiary/aromatic N) is 3. The standard InChI is InChI=1S/C24H27N3O3/c1-18-8-10-19(11-9-18)12-13-26(16-21-6-4-14-30-21)23(28)17-27-24(29)22-7-3-2-5-20(22)15-25-27/h2-3,5,7-11,15,21H,4,6,12-14,16-17H2,1H3/t21-/m0/s1. The molecule has 3 aromatic rings. The highest BCUT2D eigenvalue weighted by atomic mass is 16.5. The number of rotatable bonds is 7. The van der Waals surface area contributed by atoms with Crippen LogP contribution in [0.4, 0.5) is 0 Å². The molecule has 1 atom stereocenters. The average molecular weight is 405 g/mol. The van der Waals surface area contributed by atoms with E-state index < -0.39 is 0 Å². The molecule has 156 valence electrons. The lowest BCUT2D eigenvalue weighted by atomic mass is 10.1. The Morgan fingerprint density at radius 1 is 1.20 bits per heavy atom. The lowest BCUT2D eigenvalue weighted by molar-refractivity contribution is -0.133. The zero-order chi connectivity index (χ0) is 20.9. The van der Waals surface area contributed by atoms with Crippen LogP contribution in [0.2, 0.25) is 0 Å². The Balaban J connectivity index is 1.50. The van der Waals surface area contributed by atoms with Crippen molar-refractivity contribution in [3.8, 4) is 0 Å². The van der Waals surface area contributed by atoms with Gasteiger partial charge in [-0.15, -0.1) is 0 Å². The fourth-order valence-electron chi connectivity index (χ4n) is 3.84. The summed E-state index contributed by atoms with van der Waals surface area (Å²) in [5.41, 5.74) is 2.16. The summed E-state index contributed by atoms with van der Waals surface area (Å²) in [5.74, 6) is -0.109. The van der Waals surface area contributed by atoms with Gasteiger partial charge >= 0.3 is 0 Å². The smallest absolute Gasteiger partial charge is 0.275 e. The summed E-state index contributed by atoms with van der Waals surface area (Å²) >= 11 is 0. The van der Waals surface area contributed by atoms with Crippen molar-refractivity contribution >= 4 is 16.7 Å². The van der Waals surface area contributed by atoms with Gasteiger partial charge in [0.05, 0.1) is 17.7 Å². The van der Waals surface area contributed by atoms with Crippen LogP contribution in [0.25, 0.3) is 10.8 Å². The molecule has 0 aliphatic carbocycles. The first-order chi connectivity index (χ1) is 14.6. The highest BCUT2D eigenvalue weighted by Gasteiger charge is 2.23. The fourth-order valence-corrected chi connectivity index (χ4v) is 3.84. The largest absolute Gasteiger partial charge is 0.376 e. The first kappa shape index (κ1) is 20.3. The number of hydrogen-bond donors (Lipinski definition) is 0. The molecule has 0 bridgehead atoms. The van der Waals surface area contributed by atoms with Crippen LogP contribution in [-0.2, 0) is 22.5 Å². The van der Waals surface area contributed by atoms with E-state index in [9.17, 15) is 9.59 Å². The average Bonchev–Trinajstić information content (AvgIpc) is 3.27. The van der Waals surface area contributed by atoms with E-state index in [1.165, 1.54) is 15.8 Å². The second kappa shape index (κ2) is 9.22. The Morgan fingerprint density at radius 3 is 2.77 bits per heavy atom. The minimum atomic E-state index is -0.239. The first-order valence-electron chi connectivity index (χ1n) is 10.5. The molecule has 0 saturated carbocycles. The molecule has 1 saturated heterocycles. The van der Waals surface area contributed by atoms with Crippen molar-refractivity contribution in [2.24, 2.45) is 0 Å². The van der Waals surface area contributed by atoms with E-state index in [-0.39, 0.29) is 24.1 Å². The zero-order valence-corrected chi connectivity index (χ0v) is 17.3. The Bertz CT molecular complexity index is 1070. The normalized spacial score (nSPS) is 16.1. The van der Waals surface area contributed by atoms with Gasteiger partial charge in [-0.3, -0.25) is 9.59 Å². The third kappa shape index (κ3) is 4.76. The second-order valence-corrected chi connectivity index (χ2v) is 7.91. The number of carbonyl (C=O) groups excluding carboxylic acids is 1. The molecule has 1 aromatic heterocycles. The van der Waals surface area contributed by atoms with Crippen LogP contribution in [0.3, 0.4) is 0 Å². The molecule has 1 fully saturated rings. The van der Waals surface area contributed by atoms with Gasteiger partial charge in [0, 0.05) is 25.1 Å². The predicted octanol–water partition coefficient (Wildman–Crippen LogP) is 2.96. The van der Waals surface area contributed by atoms with Gasteiger partial charge < -0.3 is 9.64 Å². The van der Waals surface area contributed by atoms with Crippen LogP contribution in [-0.4, -0.2) is 46.4 Å². The molecular formula is C24H27N3O3. The van der Waals surface area contributed by atoms with Crippen LogP contribution in [0.15, 0.2) is 59.5 Å². The van der Waals surface area contributed by atoms with Crippen molar-refractivity contribution in [3.05, 3.63) is 76.2 Å². The molecule has 4 rings (SSSR count). The molecular weight excluding hydrogens is 378 g/mol. The van der Waals surface area contributed by atoms with E-state index in [1.807, 2.05) is 23.1 Å². The van der Waals surface area contributed by atoms with Crippen molar-refractivity contribution in [2.45, 2.75) is 38.8 Å². The number of aryl methyl sites for hydroxylation is 1. The topological polar surface area (TPSA) is 64.4 Å². The van der Waals surface area contributed by atoms with Gasteiger partial charge in [0.15, 0.2) is 0 Å². The van der Waals surface area contributed by atoms with E-state index in [0.717, 1.165) is 31.3 Å². The SMILES string of the molecule is Cc1ccc(CCN(C[C@@H]2CCCO2)C(=O)Cn2ncc3ccccc3c2=O)cc1. The summed E-state index contributed by atoms with van der Waals surface area (Å²) in [6.45, 7) is 3.88. The van der Waals surface area contributed by atoms with E-state index in [4.69, 9.17) is 4.74 Å². The Morgan fingerprint density at radius 2 is 2.00 bits per heavy atom. The number of amides is 1. The van der Waals surface area contributed by atoms with Gasteiger partial charge in [0.2, 0.25) is 5.91 Å². The quantitative estimate of drug-likeness (QED) is 0.606. The molecule has 1 aliphatic heterocycles. The number of carbonyl (C=O) groups is 1. The lowest BCUT2D eigenvalue weighted by Crippen LogP contribution is -2.42. The summed E-state index contributed by atoms with van der Waals surface area (Å²) in [7, 11) is 0. The Hall–Kier alpha value is -2.99. The van der Waals surface area contributed by atoms with Crippen molar-refractivity contribution in [1.82, 2.24) is 14.7 Å². The van der Waals surface area contributed by atoms with E-state index in [0.29, 0.717) is 18.5 Å². The highest BCUT2D eigenvalue weighted by molar-refractivity contribution is 5.81. The Labute approximate surface area is 176 Å². The maximum Gasteiger partial charge on any atom is 0.275 e. The molecule has 0 radical (unpaired) electrons. The van der Waals surface area contributed by atoms with Gasteiger partial charge in [0.1, 0.15) is 6.54 Å². The van der Waals surface area contributed by atoms with Crippen LogP contribution in [0.1, 0.15) is 24.0 Å². The third-order valence-electron chi connectivity index (χ3n) is 5.64. The number of fused-ring (bicyclic) bond motifs is 1. The van der Waals surface area contributed by atoms with Gasteiger partial charge in [-0.25, -0.2) is 4.68 Å². The van der Waals surface area contributed by atoms with E-state index >= 15 is 0 Å². The summed E-state index contributed by atoms with van der Waals surface area (Å²) in [6.07, 6.45) is 4.45. The van der Waals surface area contributed by atoms with E-state index in [1.54, 1.807) is 12.3 Å². The van der Waals surface area contributed by atoms with Gasteiger partial charge in [-0.1, -0.05) is 48.0 Å². The molecule has 6 nitrogen and oxygen atoms in total. The maximum atomic E-state index is 13.1. The molecule has 0 unspecified atom stereocenters. The van der Waals surface area contributed by atoms with Crippen LogP contribution >= 0.6 is 0 Å². The molecule has 0 spiro atoms. The highest BCUT2D eigenvalue weighted by Crippen LogP contribution is 2.15. The van der Waals surface area contributed by atoms with Gasteiger partial charge in [-0.05, 0) is 37.8 Å². The van der Waals surface area contributed by atoms with Crippen LogP contribution < -0.4 is 5.56 Å². The monoisotopic (exact) mass is 405 g/mol. The summed E-state index contributed by atoms with van der Waals surface area (Å²) in [5, 5.41) is 5.57. The molecule has 1 amide bonds. The number of hydrogen-bond acceptors (Lipinski definition) is 4. The van der Waals surface area contributed by atoms with Crippen molar-refractivity contribution in [1.29, 1.82) is 0 Å². The minimum Gasteiger partial charge on any atom is -0.376 e. The van der Waals surface area contributed by atoms with Crippen molar-refractivity contribution < 1.29 is 9.53 Å². The zero-order valence-electron chi connectivity index (χ0n) is 17.3. The molecule has 2 heterocycles. The van der Waals surface area contributed by atoms with Crippen molar-refractivity contribution in [3.63, 3.8) is 0 Å². The molecule has 1 aliphatic rings. The molecule has 0 N–H and O–H groups in total. The minimum absolute atomic E-state index is 0.0632. The number of benzene rings is 2. The predicted molar refractivity (Wildman–Crippen MR) is 116 cm³/mol. The number of aromatic nitrogens is 2. The third-order valence-corrected chi connectivity index (χ3v) is 5.64. The second-order valence-electron chi connectivity index (χ2n) is 7.91. The van der Waals surface area contributed by atoms with E-state index in [2.05, 4.69) is 36.3 Å². The summed E-state index contributed by atoms with van der Waals surface area (Å²) in [6, 6.07) is 15.7. The lowest BCUT2D eigenvalue weighted by Gasteiger charge is -2.26. The maximum absolute atomic E-state index is 13.1. The molecule has 6 heteroatoms. The first-order valence-corrected chi connectivity index (χ1v) is 10.5. The van der Waals surface area contributed by atoms with Crippen molar-refractivity contribution in [2.75, 3.05) is 19.7 Å². The molecule has 30 heavy (non-hydrogen) atoms. The number of ether oxygens (including phenoxy) is 1. The Kier molecular flexibility index (Phi) is 6.23. The van der Waals surface area contributed by atoms with Gasteiger partial charge in [-0.2, -0.15) is 5.10 Å².